The fourth-order valence-electron chi connectivity index (χ4n) is 3.01. The Hall–Kier alpha value is -2.63. The van der Waals surface area contributed by atoms with Crippen LogP contribution in [0.15, 0.2) is 47.9 Å². The standard InChI is InChI=1S/C16H17N5O/c22-16-15-17-7-8-20(15)9-10-21(16)13-5-6-14(18-11-13)19-12-3-1-2-4-12/h5-12H,1-4H2,(H,18,19). The number of hydrogen-bond acceptors (Lipinski definition) is 4. The van der Waals surface area contributed by atoms with Crippen LogP contribution in [0.1, 0.15) is 25.7 Å². The predicted octanol–water partition coefficient (Wildman–Crippen LogP) is 2.23. The molecule has 3 aromatic heterocycles. The molecule has 0 amide bonds. The second kappa shape index (κ2) is 5.29. The lowest BCUT2D eigenvalue weighted by atomic mass is 10.2. The van der Waals surface area contributed by atoms with Gasteiger partial charge in [-0.05, 0) is 25.0 Å². The molecular formula is C16H17N5O. The summed E-state index contributed by atoms with van der Waals surface area (Å²) in [5, 5.41) is 3.44. The van der Waals surface area contributed by atoms with E-state index >= 15 is 0 Å². The van der Waals surface area contributed by atoms with Crippen molar-refractivity contribution < 1.29 is 0 Å². The Morgan fingerprint density at radius 3 is 2.73 bits per heavy atom. The third kappa shape index (κ3) is 2.26. The van der Waals surface area contributed by atoms with Gasteiger partial charge in [-0.2, -0.15) is 0 Å². The van der Waals surface area contributed by atoms with Gasteiger partial charge in [0.1, 0.15) is 5.82 Å². The first-order valence-corrected chi connectivity index (χ1v) is 7.58. The highest BCUT2D eigenvalue weighted by atomic mass is 16.1. The van der Waals surface area contributed by atoms with Crippen LogP contribution < -0.4 is 10.9 Å². The Morgan fingerprint density at radius 2 is 1.95 bits per heavy atom. The van der Waals surface area contributed by atoms with Gasteiger partial charge in [0, 0.05) is 30.8 Å². The van der Waals surface area contributed by atoms with E-state index in [-0.39, 0.29) is 5.56 Å². The summed E-state index contributed by atoms with van der Waals surface area (Å²) in [6.07, 6.45) is 13.6. The van der Waals surface area contributed by atoms with E-state index in [1.165, 1.54) is 25.7 Å². The Morgan fingerprint density at radius 1 is 1.09 bits per heavy atom. The van der Waals surface area contributed by atoms with Gasteiger partial charge in [-0.1, -0.05) is 12.8 Å². The van der Waals surface area contributed by atoms with Gasteiger partial charge in [-0.3, -0.25) is 9.36 Å². The molecule has 6 nitrogen and oxygen atoms in total. The Kier molecular flexibility index (Phi) is 3.14. The highest BCUT2D eigenvalue weighted by molar-refractivity contribution is 5.44. The molecule has 0 unspecified atom stereocenters. The van der Waals surface area contributed by atoms with Crippen molar-refractivity contribution in [2.45, 2.75) is 31.7 Å². The van der Waals surface area contributed by atoms with Crippen LogP contribution in [0.4, 0.5) is 5.82 Å². The second-order valence-electron chi connectivity index (χ2n) is 5.66. The fourth-order valence-corrected chi connectivity index (χ4v) is 3.01. The lowest BCUT2D eigenvalue weighted by molar-refractivity contribution is 0.750. The van der Waals surface area contributed by atoms with Crippen molar-refractivity contribution in [2.75, 3.05) is 5.32 Å². The monoisotopic (exact) mass is 295 g/mol. The van der Waals surface area contributed by atoms with Gasteiger partial charge in [0.25, 0.3) is 5.56 Å². The van der Waals surface area contributed by atoms with Gasteiger partial charge < -0.3 is 9.72 Å². The van der Waals surface area contributed by atoms with Crippen LogP contribution in [0.2, 0.25) is 0 Å². The Balaban J connectivity index is 1.63. The SMILES string of the molecule is O=c1c2nccn2ccn1-c1ccc(NC2CCCC2)nc1. The fraction of sp³-hybridized carbons (Fsp3) is 0.312. The van der Waals surface area contributed by atoms with Gasteiger partial charge >= 0.3 is 0 Å². The molecule has 3 heterocycles. The molecular weight excluding hydrogens is 278 g/mol. The predicted molar refractivity (Wildman–Crippen MR) is 84.5 cm³/mol. The normalized spacial score (nSPS) is 15.5. The molecule has 22 heavy (non-hydrogen) atoms. The van der Waals surface area contributed by atoms with Crippen molar-refractivity contribution in [3.63, 3.8) is 0 Å². The minimum atomic E-state index is -0.147. The van der Waals surface area contributed by atoms with Crippen molar-refractivity contribution in [2.24, 2.45) is 0 Å². The van der Waals surface area contributed by atoms with Gasteiger partial charge in [0.15, 0.2) is 0 Å². The van der Waals surface area contributed by atoms with E-state index in [9.17, 15) is 4.79 Å². The Bertz CT molecular complexity index is 843. The molecule has 1 N–H and O–H groups in total. The zero-order chi connectivity index (χ0) is 14.9. The summed E-state index contributed by atoms with van der Waals surface area (Å²) < 4.78 is 3.27. The summed E-state index contributed by atoms with van der Waals surface area (Å²) in [5.41, 5.74) is 1.01. The maximum Gasteiger partial charge on any atom is 0.298 e. The van der Waals surface area contributed by atoms with Crippen LogP contribution in [-0.2, 0) is 0 Å². The number of rotatable bonds is 3. The molecule has 1 saturated carbocycles. The number of fused-ring (bicyclic) bond motifs is 1. The zero-order valence-electron chi connectivity index (χ0n) is 12.1. The smallest absolute Gasteiger partial charge is 0.298 e. The molecule has 1 aliphatic carbocycles. The summed E-state index contributed by atoms with van der Waals surface area (Å²) in [7, 11) is 0. The van der Waals surface area contributed by atoms with Crippen LogP contribution >= 0.6 is 0 Å². The number of pyridine rings is 1. The minimum Gasteiger partial charge on any atom is -0.367 e. The number of anilines is 1. The van der Waals surface area contributed by atoms with Crippen LogP contribution in [0, 0.1) is 0 Å². The molecule has 3 aromatic rings. The van der Waals surface area contributed by atoms with Crippen LogP contribution in [0.3, 0.4) is 0 Å². The number of nitrogens with one attached hydrogen (secondary N) is 1. The van der Waals surface area contributed by atoms with E-state index in [2.05, 4.69) is 15.3 Å². The number of hydrogen-bond donors (Lipinski definition) is 1. The zero-order valence-corrected chi connectivity index (χ0v) is 12.1. The largest absolute Gasteiger partial charge is 0.367 e. The first kappa shape index (κ1) is 13.1. The molecule has 0 atom stereocenters. The minimum absolute atomic E-state index is 0.147. The Labute approximate surface area is 127 Å². The molecule has 0 saturated heterocycles. The van der Waals surface area contributed by atoms with Gasteiger partial charge in [-0.25, -0.2) is 9.97 Å². The molecule has 0 aliphatic heterocycles. The first-order valence-electron chi connectivity index (χ1n) is 7.58. The summed E-state index contributed by atoms with van der Waals surface area (Å²) in [6.45, 7) is 0. The van der Waals surface area contributed by atoms with Gasteiger partial charge in [-0.15, -0.1) is 0 Å². The van der Waals surface area contributed by atoms with Crippen LogP contribution in [0.25, 0.3) is 11.3 Å². The van der Waals surface area contributed by atoms with Crippen LogP contribution in [0.5, 0.6) is 0 Å². The summed E-state index contributed by atoms with van der Waals surface area (Å²) in [5.74, 6) is 0.866. The summed E-state index contributed by atoms with van der Waals surface area (Å²) in [4.78, 5) is 20.9. The number of aromatic nitrogens is 4. The maximum absolute atomic E-state index is 12.4. The van der Waals surface area contributed by atoms with E-state index in [0.29, 0.717) is 11.7 Å². The lowest BCUT2D eigenvalue weighted by Crippen LogP contribution is -2.20. The highest BCUT2D eigenvalue weighted by Gasteiger charge is 2.14. The molecule has 0 radical (unpaired) electrons. The van der Waals surface area contributed by atoms with Crippen molar-refractivity contribution >= 4 is 11.5 Å². The van der Waals surface area contributed by atoms with Crippen molar-refractivity contribution in [1.82, 2.24) is 18.9 Å². The molecule has 4 rings (SSSR count). The average molecular weight is 295 g/mol. The molecule has 6 heteroatoms. The third-order valence-corrected chi connectivity index (χ3v) is 4.19. The highest BCUT2D eigenvalue weighted by Crippen LogP contribution is 2.21. The van der Waals surface area contributed by atoms with Crippen molar-refractivity contribution in [1.29, 1.82) is 0 Å². The van der Waals surface area contributed by atoms with Crippen molar-refractivity contribution in [3.8, 4) is 5.69 Å². The average Bonchev–Trinajstić information content (AvgIpc) is 3.20. The lowest BCUT2D eigenvalue weighted by Gasteiger charge is -2.13. The first-order chi connectivity index (χ1) is 10.8. The molecule has 0 bridgehead atoms. The summed E-state index contributed by atoms with van der Waals surface area (Å²) in [6, 6.07) is 4.36. The molecule has 0 aromatic carbocycles. The van der Waals surface area contributed by atoms with Gasteiger partial charge in [0.2, 0.25) is 5.65 Å². The quantitative estimate of drug-likeness (QED) is 0.805. The molecule has 112 valence electrons. The van der Waals surface area contributed by atoms with E-state index < -0.39 is 0 Å². The maximum atomic E-state index is 12.4. The topological polar surface area (TPSA) is 64.2 Å². The van der Waals surface area contributed by atoms with E-state index in [1.54, 1.807) is 33.8 Å². The number of imidazole rings is 1. The van der Waals surface area contributed by atoms with E-state index in [4.69, 9.17) is 0 Å². The molecule has 1 aliphatic rings. The number of nitrogens with zero attached hydrogens (tertiary/aromatic N) is 4. The van der Waals surface area contributed by atoms with E-state index in [0.717, 1.165) is 11.5 Å². The third-order valence-electron chi connectivity index (χ3n) is 4.19. The summed E-state index contributed by atoms with van der Waals surface area (Å²) >= 11 is 0. The second-order valence-corrected chi connectivity index (χ2v) is 5.66. The molecule has 0 spiro atoms. The molecule has 1 fully saturated rings. The van der Waals surface area contributed by atoms with Gasteiger partial charge in [0.05, 0.1) is 11.9 Å². The van der Waals surface area contributed by atoms with E-state index in [1.807, 2.05) is 18.3 Å². The van der Waals surface area contributed by atoms with Crippen LogP contribution in [-0.4, -0.2) is 25.0 Å². The van der Waals surface area contributed by atoms with Crippen molar-refractivity contribution in [3.05, 3.63) is 53.5 Å².